The van der Waals surface area contributed by atoms with Gasteiger partial charge in [0.05, 0.1) is 11.6 Å². The second-order valence-corrected chi connectivity index (χ2v) is 4.82. The summed E-state index contributed by atoms with van der Waals surface area (Å²) in [6.07, 6.45) is 1.68. The fourth-order valence-corrected chi connectivity index (χ4v) is 2.14. The predicted molar refractivity (Wildman–Crippen MR) is 68.7 cm³/mol. The summed E-state index contributed by atoms with van der Waals surface area (Å²) in [6.45, 7) is 0.585. The van der Waals surface area contributed by atoms with Crippen molar-refractivity contribution in [3.8, 4) is 5.75 Å². The molecule has 0 amide bonds. The summed E-state index contributed by atoms with van der Waals surface area (Å²) in [5.74, 6) is 1.52. The van der Waals surface area contributed by atoms with Crippen LogP contribution in [-0.4, -0.2) is 27.1 Å². The van der Waals surface area contributed by atoms with Crippen molar-refractivity contribution in [2.75, 3.05) is 12.4 Å². The van der Waals surface area contributed by atoms with Crippen LogP contribution in [0.3, 0.4) is 0 Å². The van der Waals surface area contributed by atoms with Gasteiger partial charge in [-0.3, -0.25) is 0 Å². The van der Waals surface area contributed by atoms with Crippen LogP contribution in [0.25, 0.3) is 0 Å². The van der Waals surface area contributed by atoms with Gasteiger partial charge in [0.1, 0.15) is 12.1 Å². The third-order valence-electron chi connectivity index (χ3n) is 2.08. The Morgan fingerprint density at radius 2 is 2.24 bits per heavy atom. The van der Waals surface area contributed by atoms with Crippen molar-refractivity contribution >= 4 is 23.4 Å². The van der Waals surface area contributed by atoms with Crippen molar-refractivity contribution in [3.05, 3.63) is 35.6 Å². The molecule has 0 aliphatic carbocycles. The Hall–Kier alpha value is -1.20. The Bertz CT molecular complexity index is 489. The number of para-hydroxylation sites is 1. The summed E-state index contributed by atoms with van der Waals surface area (Å²) in [5.41, 5.74) is 0. The molecule has 4 nitrogen and oxygen atoms in total. The summed E-state index contributed by atoms with van der Waals surface area (Å²) in [4.78, 5) is 0. The Labute approximate surface area is 109 Å². The standard InChI is InChI=1S/C11H12ClN3OS/c1-15-8-13-14-11(15)17-7-6-16-10-5-3-2-4-9(10)12/h2-5,8H,6-7H2,1H3. The fraction of sp³-hybridized carbons (Fsp3) is 0.273. The highest BCUT2D eigenvalue weighted by Crippen LogP contribution is 2.23. The van der Waals surface area contributed by atoms with Gasteiger partial charge in [0.15, 0.2) is 5.16 Å². The molecule has 0 fully saturated rings. The summed E-state index contributed by atoms with van der Waals surface area (Å²) in [5, 5.41) is 9.29. The zero-order valence-electron chi connectivity index (χ0n) is 9.34. The van der Waals surface area contributed by atoms with Crippen molar-refractivity contribution in [2.45, 2.75) is 5.16 Å². The molecular weight excluding hydrogens is 258 g/mol. The monoisotopic (exact) mass is 269 g/mol. The highest BCUT2D eigenvalue weighted by molar-refractivity contribution is 7.99. The van der Waals surface area contributed by atoms with Gasteiger partial charge in [-0.2, -0.15) is 0 Å². The van der Waals surface area contributed by atoms with E-state index >= 15 is 0 Å². The molecular formula is C11H12ClN3OS. The summed E-state index contributed by atoms with van der Waals surface area (Å²) in [7, 11) is 1.91. The van der Waals surface area contributed by atoms with E-state index in [0.717, 1.165) is 10.9 Å². The zero-order valence-corrected chi connectivity index (χ0v) is 10.9. The molecule has 17 heavy (non-hydrogen) atoms. The number of benzene rings is 1. The topological polar surface area (TPSA) is 39.9 Å². The quantitative estimate of drug-likeness (QED) is 0.618. The molecule has 0 aliphatic heterocycles. The number of hydrogen-bond donors (Lipinski definition) is 0. The van der Waals surface area contributed by atoms with Crippen LogP contribution in [0.1, 0.15) is 0 Å². The van der Waals surface area contributed by atoms with Crippen LogP contribution in [0.2, 0.25) is 5.02 Å². The predicted octanol–water partition coefficient (Wildman–Crippen LogP) is 2.64. The minimum atomic E-state index is 0.585. The number of nitrogens with zero attached hydrogens (tertiary/aromatic N) is 3. The first-order valence-corrected chi connectivity index (χ1v) is 6.48. The molecule has 6 heteroatoms. The van der Waals surface area contributed by atoms with E-state index in [9.17, 15) is 0 Å². The highest BCUT2D eigenvalue weighted by atomic mass is 35.5. The number of thioether (sulfide) groups is 1. The number of aromatic nitrogens is 3. The van der Waals surface area contributed by atoms with Gasteiger partial charge in [-0.1, -0.05) is 35.5 Å². The Morgan fingerprint density at radius 1 is 1.41 bits per heavy atom. The molecule has 0 N–H and O–H groups in total. The molecule has 1 aromatic carbocycles. The molecule has 0 aliphatic rings. The average Bonchev–Trinajstić information content (AvgIpc) is 2.73. The molecule has 0 saturated heterocycles. The molecule has 2 rings (SSSR count). The van der Waals surface area contributed by atoms with E-state index in [0.29, 0.717) is 17.4 Å². The van der Waals surface area contributed by atoms with E-state index in [2.05, 4.69) is 10.2 Å². The second kappa shape index (κ2) is 5.93. The third-order valence-corrected chi connectivity index (χ3v) is 3.39. The summed E-state index contributed by atoms with van der Waals surface area (Å²) in [6, 6.07) is 7.45. The molecule has 1 aromatic heterocycles. The first-order chi connectivity index (χ1) is 8.27. The Kier molecular flexibility index (Phi) is 4.28. The Morgan fingerprint density at radius 3 is 2.94 bits per heavy atom. The SMILES string of the molecule is Cn1cnnc1SCCOc1ccccc1Cl. The minimum absolute atomic E-state index is 0.585. The number of hydrogen-bond acceptors (Lipinski definition) is 4. The molecule has 0 saturated carbocycles. The molecule has 0 bridgehead atoms. The van der Waals surface area contributed by atoms with Crippen LogP contribution >= 0.6 is 23.4 Å². The van der Waals surface area contributed by atoms with Crippen LogP contribution in [0, 0.1) is 0 Å². The maximum atomic E-state index is 5.97. The van der Waals surface area contributed by atoms with Crippen LogP contribution < -0.4 is 4.74 Å². The van der Waals surface area contributed by atoms with E-state index in [1.807, 2.05) is 35.9 Å². The van der Waals surface area contributed by atoms with Gasteiger partial charge in [-0.15, -0.1) is 10.2 Å². The van der Waals surface area contributed by atoms with Gasteiger partial charge in [0, 0.05) is 12.8 Å². The van der Waals surface area contributed by atoms with Crippen LogP contribution in [-0.2, 0) is 7.05 Å². The largest absolute Gasteiger partial charge is 0.491 e. The Balaban J connectivity index is 1.77. The smallest absolute Gasteiger partial charge is 0.190 e. The lowest BCUT2D eigenvalue weighted by Gasteiger charge is -2.06. The lowest BCUT2D eigenvalue weighted by atomic mass is 10.3. The first-order valence-electron chi connectivity index (χ1n) is 5.11. The highest BCUT2D eigenvalue weighted by Gasteiger charge is 2.02. The van der Waals surface area contributed by atoms with Crippen LogP contribution in [0.4, 0.5) is 0 Å². The fourth-order valence-electron chi connectivity index (χ4n) is 1.25. The molecule has 0 radical (unpaired) electrons. The molecule has 90 valence electrons. The summed E-state index contributed by atoms with van der Waals surface area (Å²) < 4.78 is 7.44. The average molecular weight is 270 g/mol. The third kappa shape index (κ3) is 3.38. The van der Waals surface area contributed by atoms with Crippen molar-refractivity contribution in [1.82, 2.24) is 14.8 Å². The van der Waals surface area contributed by atoms with Gasteiger partial charge in [-0.25, -0.2) is 0 Å². The molecule has 0 atom stereocenters. The lowest BCUT2D eigenvalue weighted by Crippen LogP contribution is -2.01. The second-order valence-electron chi connectivity index (χ2n) is 3.35. The van der Waals surface area contributed by atoms with E-state index in [1.54, 1.807) is 18.1 Å². The van der Waals surface area contributed by atoms with E-state index in [1.165, 1.54) is 0 Å². The van der Waals surface area contributed by atoms with Crippen molar-refractivity contribution in [1.29, 1.82) is 0 Å². The first kappa shape index (κ1) is 12.3. The number of ether oxygens (including phenoxy) is 1. The van der Waals surface area contributed by atoms with Gasteiger partial charge < -0.3 is 9.30 Å². The van der Waals surface area contributed by atoms with E-state index in [4.69, 9.17) is 16.3 Å². The van der Waals surface area contributed by atoms with Gasteiger partial charge in [-0.05, 0) is 12.1 Å². The zero-order chi connectivity index (χ0) is 12.1. The van der Waals surface area contributed by atoms with Crippen LogP contribution in [0.5, 0.6) is 5.75 Å². The molecule has 0 unspecified atom stereocenters. The van der Waals surface area contributed by atoms with Crippen molar-refractivity contribution in [2.24, 2.45) is 7.05 Å². The van der Waals surface area contributed by atoms with Gasteiger partial charge in [0.25, 0.3) is 0 Å². The minimum Gasteiger partial charge on any atom is -0.491 e. The molecule has 1 heterocycles. The van der Waals surface area contributed by atoms with Gasteiger partial charge >= 0.3 is 0 Å². The number of rotatable bonds is 5. The van der Waals surface area contributed by atoms with E-state index < -0.39 is 0 Å². The van der Waals surface area contributed by atoms with Gasteiger partial charge in [0.2, 0.25) is 0 Å². The van der Waals surface area contributed by atoms with Crippen molar-refractivity contribution < 1.29 is 4.74 Å². The lowest BCUT2D eigenvalue weighted by molar-refractivity contribution is 0.344. The van der Waals surface area contributed by atoms with E-state index in [-0.39, 0.29) is 0 Å². The summed E-state index contributed by atoms with van der Waals surface area (Å²) >= 11 is 7.57. The molecule has 2 aromatic rings. The van der Waals surface area contributed by atoms with Crippen LogP contribution in [0.15, 0.2) is 35.7 Å². The maximum Gasteiger partial charge on any atom is 0.190 e. The van der Waals surface area contributed by atoms with Crippen molar-refractivity contribution in [3.63, 3.8) is 0 Å². The maximum absolute atomic E-state index is 5.97. The number of aryl methyl sites for hydroxylation is 1. The molecule has 0 spiro atoms. The normalized spacial score (nSPS) is 10.5. The number of halogens is 1.